The van der Waals surface area contributed by atoms with E-state index < -0.39 is 12.2 Å². The predicted octanol–water partition coefficient (Wildman–Crippen LogP) is 4.47. The lowest BCUT2D eigenvalue weighted by molar-refractivity contribution is -0.129. The minimum Gasteiger partial charge on any atom is -0.393 e. The van der Waals surface area contributed by atoms with Crippen LogP contribution in [0.2, 0.25) is 0 Å². The van der Waals surface area contributed by atoms with Crippen LogP contribution in [0.3, 0.4) is 0 Å². The van der Waals surface area contributed by atoms with E-state index in [0.29, 0.717) is 18.1 Å². The molecule has 176 valence electrons. The number of aliphatic hydroxyl groups excluding tert-OH is 2. The Morgan fingerprint density at radius 2 is 1.71 bits per heavy atom. The molecule has 0 spiro atoms. The van der Waals surface area contributed by atoms with Gasteiger partial charge in [-0.15, -0.1) is 0 Å². The van der Waals surface area contributed by atoms with Crippen molar-refractivity contribution in [2.24, 2.45) is 11.8 Å². The highest BCUT2D eigenvalue weighted by atomic mass is 32.2. The summed E-state index contributed by atoms with van der Waals surface area (Å²) >= 11 is 1.84. The van der Waals surface area contributed by atoms with E-state index >= 15 is 0 Å². The van der Waals surface area contributed by atoms with Gasteiger partial charge in [0.2, 0.25) is 5.91 Å². The van der Waals surface area contributed by atoms with Crippen molar-refractivity contribution < 1.29 is 24.6 Å². The number of carbonyl (C=O) groups is 1. The van der Waals surface area contributed by atoms with Gasteiger partial charge < -0.3 is 10.2 Å². The van der Waals surface area contributed by atoms with Crippen molar-refractivity contribution in [1.82, 2.24) is 5.48 Å². The lowest BCUT2D eigenvalue weighted by Gasteiger charge is -2.25. The molecule has 31 heavy (non-hydrogen) atoms. The molecule has 1 saturated carbocycles. The first-order valence-electron chi connectivity index (χ1n) is 11.5. The molecule has 0 radical (unpaired) electrons. The van der Waals surface area contributed by atoms with Crippen LogP contribution in [0.1, 0.15) is 69.8 Å². The molecule has 1 aliphatic rings. The van der Waals surface area contributed by atoms with E-state index in [2.05, 4.69) is 6.26 Å². The number of nitrogens with one attached hydrogen (secondary N) is 1. The van der Waals surface area contributed by atoms with Gasteiger partial charge in [-0.3, -0.25) is 10.0 Å². The number of aryl methyl sites for hydroxylation is 1. The number of unbranched alkanes of at least 4 members (excludes halogenated alkanes) is 3. The van der Waals surface area contributed by atoms with Gasteiger partial charge in [-0.05, 0) is 80.7 Å². The average molecular weight is 456 g/mol. The van der Waals surface area contributed by atoms with Crippen molar-refractivity contribution >= 4 is 17.7 Å². The summed E-state index contributed by atoms with van der Waals surface area (Å²) in [6.45, 7) is 0. The van der Waals surface area contributed by atoms with E-state index in [1.165, 1.54) is 12.1 Å². The molecular weight excluding hydrogens is 417 g/mol. The van der Waals surface area contributed by atoms with Gasteiger partial charge >= 0.3 is 0 Å². The van der Waals surface area contributed by atoms with Crippen molar-refractivity contribution in [2.45, 2.75) is 88.1 Å². The molecule has 0 bridgehead atoms. The lowest BCUT2D eigenvalue weighted by atomic mass is 9.84. The van der Waals surface area contributed by atoms with Gasteiger partial charge in [-0.2, -0.15) is 11.8 Å². The molecular formula is C24H38FNO4S. The third-order valence-corrected chi connectivity index (χ3v) is 7.80. The number of amides is 1. The molecule has 5 atom stereocenters. The molecule has 0 aromatic heterocycles. The molecule has 1 aliphatic carbocycles. The third-order valence-electron chi connectivity index (χ3n) is 6.66. The van der Waals surface area contributed by atoms with Gasteiger partial charge in [0, 0.05) is 11.7 Å². The van der Waals surface area contributed by atoms with Crippen LogP contribution in [0.15, 0.2) is 24.3 Å². The summed E-state index contributed by atoms with van der Waals surface area (Å²) in [6, 6.07) is 6.70. The van der Waals surface area contributed by atoms with E-state index in [1.54, 1.807) is 5.48 Å². The summed E-state index contributed by atoms with van der Waals surface area (Å²) in [4.78, 5) is 11.0. The number of halogens is 1. The van der Waals surface area contributed by atoms with E-state index in [-0.39, 0.29) is 23.6 Å². The summed E-state index contributed by atoms with van der Waals surface area (Å²) in [5.41, 5.74) is 2.79. The number of rotatable bonds is 14. The second kappa shape index (κ2) is 14.1. The Hall–Kier alpha value is -1.15. The van der Waals surface area contributed by atoms with Crippen LogP contribution in [0.4, 0.5) is 4.39 Å². The van der Waals surface area contributed by atoms with Crippen molar-refractivity contribution in [1.29, 1.82) is 0 Å². The zero-order valence-electron chi connectivity index (χ0n) is 18.5. The molecule has 5 unspecified atom stereocenters. The molecule has 0 saturated heterocycles. The monoisotopic (exact) mass is 455 g/mol. The van der Waals surface area contributed by atoms with Crippen LogP contribution in [-0.4, -0.2) is 45.0 Å². The first kappa shape index (κ1) is 26.1. The molecule has 1 amide bonds. The number of benzene rings is 1. The standard InChI is InChI=1S/C24H38FNO4S/c1-31-19(13-10-17-8-11-18(25)12-9-17)14-15-21-20(22(27)16-23(21)28)6-4-2-3-5-7-24(29)26-30/h8-9,11-12,19-23,27-28,30H,2-7,10,13-16H2,1H3,(H,26,29). The fourth-order valence-corrected chi connectivity index (χ4v) is 5.52. The maximum absolute atomic E-state index is 13.1. The van der Waals surface area contributed by atoms with Crippen LogP contribution in [0.5, 0.6) is 0 Å². The molecule has 5 nitrogen and oxygen atoms in total. The van der Waals surface area contributed by atoms with Crippen LogP contribution in [-0.2, 0) is 11.2 Å². The van der Waals surface area contributed by atoms with E-state index in [0.717, 1.165) is 63.4 Å². The molecule has 2 rings (SSSR count). The molecule has 0 heterocycles. The predicted molar refractivity (Wildman–Crippen MR) is 122 cm³/mol. The number of hydrogen-bond donors (Lipinski definition) is 4. The fourth-order valence-electron chi connectivity index (χ4n) is 4.79. The number of thioether (sulfide) groups is 1. The molecule has 1 aromatic rings. The maximum Gasteiger partial charge on any atom is 0.243 e. The van der Waals surface area contributed by atoms with Gasteiger partial charge in [0.05, 0.1) is 12.2 Å². The number of carbonyl (C=O) groups excluding carboxylic acids is 1. The van der Waals surface area contributed by atoms with Crippen molar-refractivity contribution in [2.75, 3.05) is 6.26 Å². The van der Waals surface area contributed by atoms with Gasteiger partial charge in [-0.25, -0.2) is 9.87 Å². The highest BCUT2D eigenvalue weighted by Crippen LogP contribution is 2.40. The van der Waals surface area contributed by atoms with Crippen LogP contribution < -0.4 is 5.48 Å². The highest BCUT2D eigenvalue weighted by Gasteiger charge is 2.40. The molecule has 1 fully saturated rings. The number of hydrogen-bond acceptors (Lipinski definition) is 5. The fraction of sp³-hybridized carbons (Fsp3) is 0.708. The topological polar surface area (TPSA) is 89.8 Å². The highest BCUT2D eigenvalue weighted by molar-refractivity contribution is 7.99. The lowest BCUT2D eigenvalue weighted by Crippen LogP contribution is -2.23. The second-order valence-electron chi connectivity index (χ2n) is 8.79. The van der Waals surface area contributed by atoms with E-state index in [1.807, 2.05) is 23.9 Å². The smallest absolute Gasteiger partial charge is 0.243 e. The number of aliphatic hydroxyl groups is 2. The molecule has 1 aromatic carbocycles. The Balaban J connectivity index is 1.73. The van der Waals surface area contributed by atoms with Crippen LogP contribution in [0, 0.1) is 17.7 Å². The summed E-state index contributed by atoms with van der Waals surface area (Å²) in [7, 11) is 0. The summed E-state index contributed by atoms with van der Waals surface area (Å²) < 4.78 is 13.1. The van der Waals surface area contributed by atoms with Gasteiger partial charge in [0.1, 0.15) is 5.82 Å². The minimum atomic E-state index is -0.438. The minimum absolute atomic E-state index is 0.135. The second-order valence-corrected chi connectivity index (χ2v) is 9.92. The Bertz CT molecular complexity index is 645. The van der Waals surface area contributed by atoms with Gasteiger partial charge in [0.15, 0.2) is 0 Å². The summed E-state index contributed by atoms with van der Waals surface area (Å²) in [5, 5.41) is 30.0. The maximum atomic E-state index is 13.1. The largest absolute Gasteiger partial charge is 0.393 e. The molecule has 0 aliphatic heterocycles. The van der Waals surface area contributed by atoms with Crippen molar-refractivity contribution in [3.63, 3.8) is 0 Å². The Morgan fingerprint density at radius 3 is 2.35 bits per heavy atom. The van der Waals surface area contributed by atoms with E-state index in [4.69, 9.17) is 5.21 Å². The van der Waals surface area contributed by atoms with E-state index in [9.17, 15) is 19.4 Å². The van der Waals surface area contributed by atoms with Crippen molar-refractivity contribution in [3.05, 3.63) is 35.6 Å². The third kappa shape index (κ3) is 9.08. The number of hydroxylamine groups is 1. The Labute approximate surface area is 189 Å². The normalized spacial score (nSPS) is 24.3. The Morgan fingerprint density at radius 1 is 1.06 bits per heavy atom. The first-order chi connectivity index (χ1) is 14.9. The SMILES string of the molecule is CSC(CCc1ccc(F)cc1)CCC1C(O)CC(O)C1CCCCCCC(=O)NO. The average Bonchev–Trinajstić information content (AvgIpc) is 3.03. The van der Waals surface area contributed by atoms with Gasteiger partial charge in [-0.1, -0.05) is 31.4 Å². The molecule has 4 N–H and O–H groups in total. The van der Waals surface area contributed by atoms with Crippen LogP contribution in [0.25, 0.3) is 0 Å². The zero-order chi connectivity index (χ0) is 22.6. The molecule has 7 heteroatoms. The zero-order valence-corrected chi connectivity index (χ0v) is 19.3. The Kier molecular flexibility index (Phi) is 11.9. The summed E-state index contributed by atoms with van der Waals surface area (Å²) in [5.74, 6) is -0.288. The summed E-state index contributed by atoms with van der Waals surface area (Å²) in [6.07, 6.45) is 10.4. The van der Waals surface area contributed by atoms with Crippen LogP contribution >= 0.6 is 11.8 Å². The van der Waals surface area contributed by atoms with Crippen molar-refractivity contribution in [3.8, 4) is 0 Å². The quantitative estimate of drug-likeness (QED) is 0.189. The first-order valence-corrected chi connectivity index (χ1v) is 12.8. The van der Waals surface area contributed by atoms with Gasteiger partial charge in [0.25, 0.3) is 0 Å².